The van der Waals surface area contributed by atoms with Gasteiger partial charge in [0.15, 0.2) is 5.96 Å². The van der Waals surface area contributed by atoms with E-state index in [1.165, 1.54) is 0 Å². The van der Waals surface area contributed by atoms with Gasteiger partial charge in [0.05, 0.1) is 6.61 Å². The molecule has 2 aromatic rings. The molecule has 124 valence electrons. The third-order valence-electron chi connectivity index (χ3n) is 4.33. The first-order valence-corrected chi connectivity index (χ1v) is 8.22. The highest BCUT2D eigenvalue weighted by molar-refractivity contribution is 5.80. The maximum absolute atomic E-state index is 5.85. The van der Waals surface area contributed by atoms with Crippen LogP contribution in [0.2, 0.25) is 0 Å². The van der Waals surface area contributed by atoms with Gasteiger partial charge in [-0.15, -0.1) is 0 Å². The number of rotatable bonds is 5. The SMILES string of the molecule is CN=C(NCCc1cc2ccccc2o1)N1CCC(COC)C1. The second kappa shape index (κ2) is 7.51. The van der Waals surface area contributed by atoms with E-state index in [1.54, 1.807) is 7.11 Å². The third kappa shape index (κ3) is 3.85. The van der Waals surface area contributed by atoms with Crippen LogP contribution in [-0.4, -0.2) is 51.3 Å². The number of likely N-dealkylation sites (tertiary alicyclic amines) is 1. The Morgan fingerprint density at radius 3 is 3.09 bits per heavy atom. The van der Waals surface area contributed by atoms with Crippen LogP contribution in [0.15, 0.2) is 39.7 Å². The van der Waals surface area contributed by atoms with Gasteiger partial charge in [0.1, 0.15) is 11.3 Å². The lowest BCUT2D eigenvalue weighted by atomic mass is 10.1. The lowest BCUT2D eigenvalue weighted by molar-refractivity contribution is 0.157. The molecule has 1 saturated heterocycles. The Balaban J connectivity index is 1.50. The van der Waals surface area contributed by atoms with Crippen molar-refractivity contribution in [2.75, 3.05) is 40.4 Å². The molecule has 5 nitrogen and oxygen atoms in total. The molecule has 1 N–H and O–H groups in total. The van der Waals surface area contributed by atoms with E-state index in [0.29, 0.717) is 5.92 Å². The minimum Gasteiger partial charge on any atom is -0.461 e. The van der Waals surface area contributed by atoms with Gasteiger partial charge in [-0.3, -0.25) is 4.99 Å². The van der Waals surface area contributed by atoms with Gasteiger partial charge >= 0.3 is 0 Å². The van der Waals surface area contributed by atoms with E-state index >= 15 is 0 Å². The van der Waals surface area contributed by atoms with E-state index in [9.17, 15) is 0 Å². The Labute approximate surface area is 137 Å². The van der Waals surface area contributed by atoms with E-state index in [4.69, 9.17) is 9.15 Å². The van der Waals surface area contributed by atoms with Gasteiger partial charge in [0, 0.05) is 51.5 Å². The van der Waals surface area contributed by atoms with Crippen molar-refractivity contribution in [3.8, 4) is 0 Å². The maximum Gasteiger partial charge on any atom is 0.193 e. The minimum atomic E-state index is 0.605. The molecular weight excluding hydrogens is 290 g/mol. The van der Waals surface area contributed by atoms with Crippen molar-refractivity contribution in [1.29, 1.82) is 0 Å². The predicted molar refractivity (Wildman–Crippen MR) is 92.8 cm³/mol. The quantitative estimate of drug-likeness (QED) is 0.680. The minimum absolute atomic E-state index is 0.605. The van der Waals surface area contributed by atoms with E-state index in [0.717, 1.165) is 61.8 Å². The van der Waals surface area contributed by atoms with Crippen molar-refractivity contribution in [2.24, 2.45) is 10.9 Å². The Bertz CT molecular complexity index is 632. The van der Waals surface area contributed by atoms with Crippen LogP contribution in [0, 0.1) is 5.92 Å². The largest absolute Gasteiger partial charge is 0.461 e. The molecule has 0 radical (unpaired) electrons. The molecule has 1 aliphatic heterocycles. The summed E-state index contributed by atoms with van der Waals surface area (Å²) in [6, 6.07) is 10.2. The number of guanidine groups is 1. The van der Waals surface area contributed by atoms with Crippen molar-refractivity contribution in [1.82, 2.24) is 10.2 Å². The van der Waals surface area contributed by atoms with Gasteiger partial charge in [-0.05, 0) is 18.6 Å². The summed E-state index contributed by atoms with van der Waals surface area (Å²) in [4.78, 5) is 6.71. The lowest BCUT2D eigenvalue weighted by Crippen LogP contribution is -2.41. The number of para-hydroxylation sites is 1. The normalized spacial score (nSPS) is 18.8. The highest BCUT2D eigenvalue weighted by Gasteiger charge is 2.24. The standard InChI is InChI=1S/C18H25N3O2/c1-19-18(21-10-8-14(12-21)13-22-2)20-9-7-16-11-15-5-3-4-6-17(15)23-16/h3-6,11,14H,7-10,12-13H2,1-2H3,(H,19,20). The number of nitrogens with zero attached hydrogens (tertiary/aromatic N) is 2. The van der Waals surface area contributed by atoms with Crippen molar-refractivity contribution < 1.29 is 9.15 Å². The molecular formula is C18H25N3O2. The van der Waals surface area contributed by atoms with Crippen LogP contribution in [-0.2, 0) is 11.2 Å². The Morgan fingerprint density at radius 2 is 2.30 bits per heavy atom. The number of ether oxygens (including phenoxy) is 1. The zero-order valence-electron chi connectivity index (χ0n) is 13.9. The Morgan fingerprint density at radius 1 is 1.43 bits per heavy atom. The van der Waals surface area contributed by atoms with E-state index in [1.807, 2.05) is 25.2 Å². The number of aliphatic imine (C=N–C) groups is 1. The summed E-state index contributed by atoms with van der Waals surface area (Å²) in [6.45, 7) is 3.70. The molecule has 1 fully saturated rings. The van der Waals surface area contributed by atoms with Gasteiger partial charge in [-0.25, -0.2) is 0 Å². The topological polar surface area (TPSA) is 50.0 Å². The molecule has 23 heavy (non-hydrogen) atoms. The first-order valence-electron chi connectivity index (χ1n) is 8.22. The van der Waals surface area contributed by atoms with Crippen LogP contribution in [0.4, 0.5) is 0 Å². The van der Waals surface area contributed by atoms with Gasteiger partial charge in [0.2, 0.25) is 0 Å². The zero-order chi connectivity index (χ0) is 16.1. The second-order valence-electron chi connectivity index (χ2n) is 6.03. The molecule has 0 saturated carbocycles. The van der Waals surface area contributed by atoms with Crippen LogP contribution < -0.4 is 5.32 Å². The summed E-state index contributed by atoms with van der Waals surface area (Å²) in [5, 5.41) is 4.60. The summed E-state index contributed by atoms with van der Waals surface area (Å²) >= 11 is 0. The molecule has 0 amide bonds. The molecule has 3 rings (SSSR count). The van der Waals surface area contributed by atoms with Gasteiger partial charge in [0.25, 0.3) is 0 Å². The number of fused-ring (bicyclic) bond motifs is 1. The van der Waals surface area contributed by atoms with Crippen LogP contribution in [0.5, 0.6) is 0 Å². The third-order valence-corrected chi connectivity index (χ3v) is 4.33. The van der Waals surface area contributed by atoms with Crippen LogP contribution >= 0.6 is 0 Å². The van der Waals surface area contributed by atoms with Crippen molar-refractivity contribution in [3.63, 3.8) is 0 Å². The van der Waals surface area contributed by atoms with Gasteiger partial charge < -0.3 is 19.4 Å². The summed E-state index contributed by atoms with van der Waals surface area (Å²) in [6.07, 6.45) is 2.02. The maximum atomic E-state index is 5.85. The number of hydrogen-bond donors (Lipinski definition) is 1. The summed E-state index contributed by atoms with van der Waals surface area (Å²) < 4.78 is 11.1. The number of nitrogens with one attached hydrogen (secondary N) is 1. The Kier molecular flexibility index (Phi) is 5.18. The van der Waals surface area contributed by atoms with Crippen LogP contribution in [0.25, 0.3) is 11.0 Å². The Hall–Kier alpha value is -2.01. The smallest absolute Gasteiger partial charge is 0.193 e. The molecule has 0 bridgehead atoms. The molecule has 0 spiro atoms. The fourth-order valence-electron chi connectivity index (χ4n) is 3.19. The first-order chi connectivity index (χ1) is 11.3. The average molecular weight is 315 g/mol. The lowest BCUT2D eigenvalue weighted by Gasteiger charge is -2.21. The number of benzene rings is 1. The number of hydrogen-bond acceptors (Lipinski definition) is 3. The van der Waals surface area contributed by atoms with E-state index in [-0.39, 0.29) is 0 Å². The fraction of sp³-hybridized carbons (Fsp3) is 0.500. The molecule has 5 heteroatoms. The molecule has 1 aliphatic rings. The molecule has 1 aromatic heterocycles. The first kappa shape index (κ1) is 15.9. The fourth-order valence-corrected chi connectivity index (χ4v) is 3.19. The molecule has 1 unspecified atom stereocenters. The van der Waals surface area contributed by atoms with Crippen molar-refractivity contribution in [2.45, 2.75) is 12.8 Å². The van der Waals surface area contributed by atoms with Gasteiger partial charge in [-0.1, -0.05) is 18.2 Å². The van der Waals surface area contributed by atoms with Crippen molar-refractivity contribution in [3.05, 3.63) is 36.1 Å². The number of methoxy groups -OCH3 is 1. The van der Waals surface area contributed by atoms with Gasteiger partial charge in [-0.2, -0.15) is 0 Å². The zero-order valence-corrected chi connectivity index (χ0v) is 13.9. The molecule has 0 aliphatic carbocycles. The monoisotopic (exact) mass is 315 g/mol. The highest BCUT2D eigenvalue weighted by atomic mass is 16.5. The summed E-state index contributed by atoms with van der Waals surface area (Å²) in [5.41, 5.74) is 0.953. The summed E-state index contributed by atoms with van der Waals surface area (Å²) in [7, 11) is 3.61. The molecule has 1 atom stereocenters. The van der Waals surface area contributed by atoms with Crippen molar-refractivity contribution >= 4 is 16.9 Å². The molecule has 1 aromatic carbocycles. The van der Waals surface area contributed by atoms with Crippen LogP contribution in [0.3, 0.4) is 0 Å². The summed E-state index contributed by atoms with van der Waals surface area (Å²) in [5.74, 6) is 2.58. The van der Waals surface area contributed by atoms with Crippen LogP contribution in [0.1, 0.15) is 12.2 Å². The average Bonchev–Trinajstić information content (AvgIpc) is 3.18. The second-order valence-corrected chi connectivity index (χ2v) is 6.03. The molecule has 2 heterocycles. The predicted octanol–water partition coefficient (Wildman–Crippen LogP) is 2.52. The van der Waals surface area contributed by atoms with E-state index < -0.39 is 0 Å². The number of furan rings is 1. The van der Waals surface area contributed by atoms with E-state index in [2.05, 4.69) is 27.3 Å². The highest BCUT2D eigenvalue weighted by Crippen LogP contribution is 2.19.